The molecule has 0 saturated carbocycles. The van der Waals surface area contributed by atoms with Crippen molar-refractivity contribution < 1.29 is 4.79 Å². The SMILES string of the molecule is CNC(=S)N/N=C(\C)C=O. The van der Waals surface area contributed by atoms with Crippen LogP contribution in [0.5, 0.6) is 0 Å². The molecule has 0 atom stereocenters. The summed E-state index contributed by atoms with van der Waals surface area (Å²) < 4.78 is 0. The first-order valence-electron chi connectivity index (χ1n) is 2.68. The van der Waals surface area contributed by atoms with Crippen LogP contribution in [0.25, 0.3) is 0 Å². The second kappa shape index (κ2) is 4.87. The Morgan fingerprint density at radius 1 is 1.70 bits per heavy atom. The lowest BCUT2D eigenvalue weighted by Crippen LogP contribution is -2.29. The molecule has 0 spiro atoms. The molecule has 2 N–H and O–H groups in total. The summed E-state index contributed by atoms with van der Waals surface area (Å²) in [7, 11) is 1.67. The van der Waals surface area contributed by atoms with Crippen LogP contribution >= 0.6 is 12.2 Å². The molecular formula is C5H9N3OS. The third-order valence-corrected chi connectivity index (χ3v) is 1.03. The Kier molecular flexibility index (Phi) is 4.39. The average Bonchev–Trinajstić information content (AvgIpc) is 1.99. The Labute approximate surface area is 64.7 Å². The van der Waals surface area contributed by atoms with Crippen molar-refractivity contribution in [2.45, 2.75) is 6.92 Å². The molecule has 0 saturated heterocycles. The molecule has 0 aromatic carbocycles. The van der Waals surface area contributed by atoms with Gasteiger partial charge in [0.1, 0.15) is 0 Å². The number of thiocarbonyl (C=S) groups is 1. The number of carbonyl (C=O) groups is 1. The van der Waals surface area contributed by atoms with E-state index in [1.54, 1.807) is 14.0 Å². The second-order valence-corrected chi connectivity index (χ2v) is 1.97. The summed E-state index contributed by atoms with van der Waals surface area (Å²) >= 11 is 4.68. The monoisotopic (exact) mass is 159 g/mol. The van der Waals surface area contributed by atoms with Crippen molar-refractivity contribution >= 4 is 29.3 Å². The lowest BCUT2D eigenvalue weighted by atomic mass is 10.5. The van der Waals surface area contributed by atoms with Crippen LogP contribution in [-0.4, -0.2) is 24.2 Å². The molecule has 0 unspecified atom stereocenters. The third-order valence-electron chi connectivity index (χ3n) is 0.731. The molecule has 5 heteroatoms. The van der Waals surface area contributed by atoms with Crippen LogP contribution in [0.2, 0.25) is 0 Å². The second-order valence-electron chi connectivity index (χ2n) is 1.56. The fourth-order valence-corrected chi connectivity index (χ4v) is 0.267. The molecule has 0 aliphatic rings. The average molecular weight is 159 g/mol. The van der Waals surface area contributed by atoms with Crippen LogP contribution in [0.3, 0.4) is 0 Å². The maximum absolute atomic E-state index is 9.97. The van der Waals surface area contributed by atoms with Crippen LogP contribution in [0.1, 0.15) is 6.92 Å². The van der Waals surface area contributed by atoms with Gasteiger partial charge in [-0.15, -0.1) is 0 Å². The standard InChI is InChI=1S/C5H9N3OS/c1-4(3-9)7-8-5(10)6-2/h3H,1-2H3,(H2,6,8,10)/b7-4+. The summed E-state index contributed by atoms with van der Waals surface area (Å²) in [5.41, 5.74) is 2.82. The molecule has 0 amide bonds. The van der Waals surface area contributed by atoms with Crippen LogP contribution in [0.15, 0.2) is 5.10 Å². The molecule has 0 radical (unpaired) electrons. The largest absolute Gasteiger partial charge is 0.364 e. The summed E-state index contributed by atoms with van der Waals surface area (Å²) in [6.07, 6.45) is 0.644. The zero-order chi connectivity index (χ0) is 7.98. The minimum atomic E-state index is 0.359. The molecule has 0 aromatic rings. The van der Waals surface area contributed by atoms with Crippen LogP contribution in [0, 0.1) is 0 Å². The molecule has 0 heterocycles. The summed E-state index contributed by atoms with van der Waals surface area (Å²) in [5, 5.41) is 6.64. The van der Waals surface area contributed by atoms with Gasteiger partial charge < -0.3 is 5.32 Å². The van der Waals surface area contributed by atoms with E-state index in [9.17, 15) is 4.79 Å². The van der Waals surface area contributed by atoms with Gasteiger partial charge in [0.2, 0.25) is 0 Å². The van der Waals surface area contributed by atoms with Gasteiger partial charge in [0.25, 0.3) is 0 Å². The van der Waals surface area contributed by atoms with E-state index in [-0.39, 0.29) is 0 Å². The molecule has 0 fully saturated rings. The van der Waals surface area contributed by atoms with E-state index in [1.807, 2.05) is 0 Å². The van der Waals surface area contributed by atoms with Gasteiger partial charge in [-0.05, 0) is 19.1 Å². The highest BCUT2D eigenvalue weighted by Crippen LogP contribution is 1.68. The summed E-state index contributed by atoms with van der Waals surface area (Å²) in [6.45, 7) is 1.58. The number of hydrazone groups is 1. The zero-order valence-electron chi connectivity index (χ0n) is 5.84. The molecular weight excluding hydrogens is 150 g/mol. The van der Waals surface area contributed by atoms with E-state index >= 15 is 0 Å². The minimum Gasteiger partial charge on any atom is -0.364 e. The first-order chi connectivity index (χ1) is 4.70. The third kappa shape index (κ3) is 3.96. The number of carbonyl (C=O) groups excluding carboxylic acids is 1. The van der Waals surface area contributed by atoms with Crippen molar-refractivity contribution in [3.05, 3.63) is 0 Å². The zero-order valence-corrected chi connectivity index (χ0v) is 6.66. The molecule has 0 aliphatic carbocycles. The normalized spacial score (nSPS) is 10.4. The van der Waals surface area contributed by atoms with Crippen LogP contribution in [-0.2, 0) is 4.79 Å². The first-order valence-corrected chi connectivity index (χ1v) is 3.08. The lowest BCUT2D eigenvalue weighted by Gasteiger charge is -1.98. The lowest BCUT2D eigenvalue weighted by molar-refractivity contribution is -0.102. The molecule has 4 nitrogen and oxygen atoms in total. The van der Waals surface area contributed by atoms with Crippen LogP contribution in [0.4, 0.5) is 0 Å². The maximum atomic E-state index is 9.97. The maximum Gasteiger partial charge on any atom is 0.186 e. The van der Waals surface area contributed by atoms with Gasteiger partial charge in [0.15, 0.2) is 11.4 Å². The summed E-state index contributed by atoms with van der Waals surface area (Å²) in [5.74, 6) is 0. The van der Waals surface area contributed by atoms with E-state index in [2.05, 4.69) is 28.1 Å². The van der Waals surface area contributed by atoms with Gasteiger partial charge >= 0.3 is 0 Å². The number of rotatable bonds is 2. The van der Waals surface area contributed by atoms with E-state index < -0.39 is 0 Å². The van der Waals surface area contributed by atoms with Gasteiger partial charge in [-0.1, -0.05) is 0 Å². The van der Waals surface area contributed by atoms with Gasteiger partial charge in [-0.3, -0.25) is 10.2 Å². The number of aldehydes is 1. The van der Waals surface area contributed by atoms with Crippen molar-refractivity contribution in [3.8, 4) is 0 Å². The van der Waals surface area contributed by atoms with E-state index in [0.29, 0.717) is 17.1 Å². The molecule has 10 heavy (non-hydrogen) atoms. The van der Waals surface area contributed by atoms with Crippen molar-refractivity contribution in [3.63, 3.8) is 0 Å². The fraction of sp³-hybridized carbons (Fsp3) is 0.400. The predicted molar refractivity (Wildman–Crippen MR) is 44.0 cm³/mol. The van der Waals surface area contributed by atoms with Crippen molar-refractivity contribution in [1.82, 2.24) is 10.7 Å². The topological polar surface area (TPSA) is 53.5 Å². The van der Waals surface area contributed by atoms with Gasteiger partial charge in [-0.2, -0.15) is 5.10 Å². The van der Waals surface area contributed by atoms with Gasteiger partial charge in [-0.25, -0.2) is 0 Å². The Bertz CT molecular complexity index is 166. The number of hydrogen-bond acceptors (Lipinski definition) is 3. The molecule has 0 aliphatic heterocycles. The highest BCUT2D eigenvalue weighted by Gasteiger charge is 1.87. The van der Waals surface area contributed by atoms with Crippen molar-refractivity contribution in [2.75, 3.05) is 7.05 Å². The highest BCUT2D eigenvalue weighted by atomic mass is 32.1. The predicted octanol–water partition coefficient (Wildman–Crippen LogP) is -0.345. The van der Waals surface area contributed by atoms with Crippen LogP contribution < -0.4 is 10.7 Å². The highest BCUT2D eigenvalue weighted by molar-refractivity contribution is 7.80. The number of nitrogens with zero attached hydrogens (tertiary/aromatic N) is 1. The molecule has 0 aromatic heterocycles. The smallest absolute Gasteiger partial charge is 0.186 e. The van der Waals surface area contributed by atoms with E-state index in [1.165, 1.54) is 0 Å². The van der Waals surface area contributed by atoms with Crippen molar-refractivity contribution in [2.24, 2.45) is 5.10 Å². The van der Waals surface area contributed by atoms with Gasteiger partial charge in [0, 0.05) is 7.05 Å². The summed E-state index contributed by atoms with van der Waals surface area (Å²) in [6, 6.07) is 0. The van der Waals surface area contributed by atoms with Gasteiger partial charge in [0.05, 0.1) is 5.71 Å². The van der Waals surface area contributed by atoms with E-state index in [4.69, 9.17) is 0 Å². The Balaban J connectivity index is 3.71. The quantitative estimate of drug-likeness (QED) is 0.250. The van der Waals surface area contributed by atoms with Crippen molar-refractivity contribution in [1.29, 1.82) is 0 Å². The number of nitrogens with one attached hydrogen (secondary N) is 2. The molecule has 0 rings (SSSR count). The fourth-order valence-electron chi connectivity index (χ4n) is 0.221. The minimum absolute atomic E-state index is 0.359. The summed E-state index contributed by atoms with van der Waals surface area (Å²) in [4.78, 5) is 9.97. The first kappa shape index (κ1) is 9.03. The Morgan fingerprint density at radius 2 is 2.30 bits per heavy atom. The Hall–Kier alpha value is -0.970. The molecule has 56 valence electrons. The Morgan fingerprint density at radius 3 is 2.70 bits per heavy atom. The van der Waals surface area contributed by atoms with E-state index in [0.717, 1.165) is 0 Å². The number of hydrogen-bond donors (Lipinski definition) is 2. The molecule has 0 bridgehead atoms.